The molecule has 22 heavy (non-hydrogen) atoms. The topological polar surface area (TPSA) is 67.1 Å². The number of nitrogens with zero attached hydrogens (tertiary/aromatic N) is 4. The van der Waals surface area contributed by atoms with Crippen LogP contribution in [0, 0.1) is 6.92 Å². The van der Waals surface area contributed by atoms with E-state index in [4.69, 9.17) is 0 Å². The van der Waals surface area contributed by atoms with Crippen LogP contribution in [0.3, 0.4) is 0 Å². The first-order chi connectivity index (χ1) is 10.7. The van der Waals surface area contributed by atoms with Crippen LogP contribution in [0.25, 0.3) is 0 Å². The molecule has 2 heterocycles. The van der Waals surface area contributed by atoms with Crippen molar-refractivity contribution in [3.63, 3.8) is 0 Å². The molecule has 0 radical (unpaired) electrons. The van der Waals surface area contributed by atoms with Gasteiger partial charge in [0.1, 0.15) is 5.01 Å². The highest BCUT2D eigenvalue weighted by atomic mass is 32.1. The number of thiazole rings is 1. The van der Waals surface area contributed by atoms with Crippen molar-refractivity contribution in [1.29, 1.82) is 0 Å². The SMILES string of the molecule is CCNC(=NCc1ncc(C)s1)NCCCc1cnn(C)c1. The quantitative estimate of drug-likeness (QED) is 0.464. The molecule has 0 unspecified atom stereocenters. The number of hydrogen-bond acceptors (Lipinski definition) is 4. The fourth-order valence-electron chi connectivity index (χ4n) is 2.06. The van der Waals surface area contributed by atoms with E-state index in [2.05, 4.69) is 45.8 Å². The summed E-state index contributed by atoms with van der Waals surface area (Å²) in [4.78, 5) is 10.1. The largest absolute Gasteiger partial charge is 0.357 e. The van der Waals surface area contributed by atoms with E-state index >= 15 is 0 Å². The molecule has 0 saturated carbocycles. The number of rotatable bonds is 7. The normalized spacial score (nSPS) is 11.7. The second-order valence-electron chi connectivity index (χ2n) is 5.11. The van der Waals surface area contributed by atoms with Crippen LogP contribution in [0.4, 0.5) is 0 Å². The molecule has 0 bridgehead atoms. The Hall–Kier alpha value is -1.89. The van der Waals surface area contributed by atoms with Gasteiger partial charge in [-0.25, -0.2) is 9.98 Å². The molecular weight excluding hydrogens is 296 g/mol. The fraction of sp³-hybridized carbons (Fsp3) is 0.533. The third-order valence-corrected chi connectivity index (χ3v) is 3.98. The lowest BCUT2D eigenvalue weighted by molar-refractivity contribution is 0.740. The van der Waals surface area contributed by atoms with Gasteiger partial charge in [-0.3, -0.25) is 4.68 Å². The van der Waals surface area contributed by atoms with Crippen LogP contribution in [-0.2, 0) is 20.0 Å². The van der Waals surface area contributed by atoms with Crippen LogP contribution < -0.4 is 10.6 Å². The van der Waals surface area contributed by atoms with Crippen LogP contribution in [0.1, 0.15) is 28.8 Å². The lowest BCUT2D eigenvalue weighted by atomic mass is 10.2. The van der Waals surface area contributed by atoms with E-state index in [9.17, 15) is 0 Å². The van der Waals surface area contributed by atoms with Gasteiger partial charge < -0.3 is 10.6 Å². The summed E-state index contributed by atoms with van der Waals surface area (Å²) in [6, 6.07) is 0. The molecule has 0 amide bonds. The van der Waals surface area contributed by atoms with Crippen LogP contribution >= 0.6 is 11.3 Å². The summed E-state index contributed by atoms with van der Waals surface area (Å²) in [6.45, 7) is 6.49. The first-order valence-electron chi connectivity index (χ1n) is 7.58. The predicted molar refractivity (Wildman–Crippen MR) is 91.2 cm³/mol. The van der Waals surface area contributed by atoms with Gasteiger partial charge in [0.25, 0.3) is 0 Å². The number of aryl methyl sites for hydroxylation is 3. The van der Waals surface area contributed by atoms with Crippen molar-refractivity contribution in [1.82, 2.24) is 25.4 Å². The third kappa shape index (κ3) is 5.48. The minimum Gasteiger partial charge on any atom is -0.357 e. The molecule has 120 valence electrons. The van der Waals surface area contributed by atoms with E-state index < -0.39 is 0 Å². The van der Waals surface area contributed by atoms with Crippen molar-refractivity contribution in [3.8, 4) is 0 Å². The molecule has 2 N–H and O–H groups in total. The molecule has 0 aromatic carbocycles. The zero-order valence-electron chi connectivity index (χ0n) is 13.5. The van der Waals surface area contributed by atoms with Crippen molar-refractivity contribution in [3.05, 3.63) is 34.0 Å². The molecule has 0 fully saturated rings. The molecule has 0 atom stereocenters. The summed E-state index contributed by atoms with van der Waals surface area (Å²) < 4.78 is 1.84. The molecule has 2 rings (SSSR count). The molecule has 0 aliphatic heterocycles. The Labute approximate surface area is 135 Å². The molecule has 7 heteroatoms. The fourth-order valence-corrected chi connectivity index (χ4v) is 2.77. The Kier molecular flexibility index (Phi) is 6.39. The summed E-state index contributed by atoms with van der Waals surface area (Å²) in [6.07, 6.45) is 7.94. The van der Waals surface area contributed by atoms with Crippen LogP contribution in [-0.4, -0.2) is 33.8 Å². The second-order valence-corrected chi connectivity index (χ2v) is 6.43. The van der Waals surface area contributed by atoms with E-state index in [1.165, 1.54) is 10.4 Å². The Morgan fingerprint density at radius 1 is 1.36 bits per heavy atom. The average molecular weight is 320 g/mol. The van der Waals surface area contributed by atoms with Crippen LogP contribution in [0.2, 0.25) is 0 Å². The molecule has 0 aliphatic carbocycles. The first-order valence-corrected chi connectivity index (χ1v) is 8.40. The number of aromatic nitrogens is 3. The minimum absolute atomic E-state index is 0.621. The van der Waals surface area contributed by atoms with E-state index in [1.54, 1.807) is 11.3 Å². The summed E-state index contributed by atoms with van der Waals surface area (Å²) in [5.74, 6) is 0.849. The maximum Gasteiger partial charge on any atom is 0.191 e. The zero-order chi connectivity index (χ0) is 15.8. The monoisotopic (exact) mass is 320 g/mol. The maximum atomic E-state index is 4.57. The Balaban J connectivity index is 1.75. The van der Waals surface area contributed by atoms with Crippen molar-refractivity contribution >= 4 is 17.3 Å². The minimum atomic E-state index is 0.621. The Bertz CT molecular complexity index is 601. The van der Waals surface area contributed by atoms with Gasteiger partial charge in [-0.2, -0.15) is 5.10 Å². The number of aliphatic imine (C=N–C) groups is 1. The molecule has 2 aromatic heterocycles. The molecule has 0 aliphatic rings. The van der Waals surface area contributed by atoms with Gasteiger partial charge in [-0.15, -0.1) is 11.3 Å². The molecule has 0 spiro atoms. The third-order valence-electron chi connectivity index (χ3n) is 3.08. The number of guanidine groups is 1. The second kappa shape index (κ2) is 8.53. The van der Waals surface area contributed by atoms with Crippen LogP contribution in [0.15, 0.2) is 23.6 Å². The first kappa shape index (κ1) is 16.5. The van der Waals surface area contributed by atoms with Gasteiger partial charge in [0.2, 0.25) is 0 Å². The highest BCUT2D eigenvalue weighted by Crippen LogP contribution is 2.11. The smallest absolute Gasteiger partial charge is 0.191 e. The van der Waals surface area contributed by atoms with E-state index in [0.717, 1.165) is 36.9 Å². The highest BCUT2D eigenvalue weighted by Gasteiger charge is 2.01. The molecule has 2 aromatic rings. The summed E-state index contributed by atoms with van der Waals surface area (Å²) in [5.41, 5.74) is 1.27. The maximum absolute atomic E-state index is 4.57. The van der Waals surface area contributed by atoms with Gasteiger partial charge in [0.15, 0.2) is 5.96 Å². The van der Waals surface area contributed by atoms with E-state index in [1.807, 2.05) is 24.1 Å². The van der Waals surface area contributed by atoms with Crippen molar-refractivity contribution in [2.75, 3.05) is 13.1 Å². The van der Waals surface area contributed by atoms with Gasteiger partial charge in [0, 0.05) is 37.4 Å². The Morgan fingerprint density at radius 3 is 2.86 bits per heavy atom. The standard InChI is InChI=1S/C15H24N6S/c1-4-16-15(19-10-14-18-8-12(2)22-14)17-7-5-6-13-9-20-21(3)11-13/h8-9,11H,4-7,10H2,1-3H3,(H2,16,17,19). The van der Waals surface area contributed by atoms with Crippen molar-refractivity contribution in [2.45, 2.75) is 33.2 Å². The molecular formula is C15H24N6S. The predicted octanol–water partition coefficient (Wildman–Crippen LogP) is 1.87. The molecule has 6 nitrogen and oxygen atoms in total. The summed E-state index contributed by atoms with van der Waals surface area (Å²) in [7, 11) is 1.94. The number of hydrogen-bond donors (Lipinski definition) is 2. The van der Waals surface area contributed by atoms with Crippen molar-refractivity contribution < 1.29 is 0 Å². The van der Waals surface area contributed by atoms with E-state index in [-0.39, 0.29) is 0 Å². The van der Waals surface area contributed by atoms with Gasteiger partial charge >= 0.3 is 0 Å². The number of nitrogens with one attached hydrogen (secondary N) is 2. The van der Waals surface area contributed by atoms with Gasteiger partial charge in [0.05, 0.1) is 12.7 Å². The van der Waals surface area contributed by atoms with Gasteiger partial charge in [-0.05, 0) is 32.3 Å². The summed E-state index contributed by atoms with van der Waals surface area (Å²) in [5, 5.41) is 11.9. The lowest BCUT2D eigenvalue weighted by Gasteiger charge is -2.10. The van der Waals surface area contributed by atoms with Crippen LogP contribution in [0.5, 0.6) is 0 Å². The van der Waals surface area contributed by atoms with Crippen molar-refractivity contribution in [2.24, 2.45) is 12.0 Å². The average Bonchev–Trinajstić information content (AvgIpc) is 3.09. The van der Waals surface area contributed by atoms with E-state index in [0.29, 0.717) is 6.54 Å². The Morgan fingerprint density at radius 2 is 2.23 bits per heavy atom. The molecule has 0 saturated heterocycles. The highest BCUT2D eigenvalue weighted by molar-refractivity contribution is 7.11. The lowest BCUT2D eigenvalue weighted by Crippen LogP contribution is -2.37. The summed E-state index contributed by atoms with van der Waals surface area (Å²) >= 11 is 1.69. The zero-order valence-corrected chi connectivity index (χ0v) is 14.3. The van der Waals surface area contributed by atoms with Gasteiger partial charge in [-0.1, -0.05) is 0 Å².